The number of nitrogens with zero attached hydrogens (tertiary/aromatic N) is 2. The highest BCUT2D eigenvalue weighted by atomic mass is 79.9. The van der Waals surface area contributed by atoms with Crippen molar-refractivity contribution >= 4 is 50.2 Å². The van der Waals surface area contributed by atoms with Crippen LogP contribution >= 0.6 is 39.1 Å². The molecule has 4 rings (SSSR count). The van der Waals surface area contributed by atoms with Crippen LogP contribution in [0.5, 0.6) is 0 Å². The number of fused-ring (bicyclic) bond motifs is 1. The Hall–Kier alpha value is -1.81. The van der Waals surface area contributed by atoms with Gasteiger partial charge in [0, 0.05) is 16.6 Å². The summed E-state index contributed by atoms with van der Waals surface area (Å²) in [6.07, 6.45) is 0. The second kappa shape index (κ2) is 6.83. The van der Waals surface area contributed by atoms with E-state index in [2.05, 4.69) is 38.7 Å². The molecule has 0 unspecified atom stereocenters. The van der Waals surface area contributed by atoms with Crippen LogP contribution in [-0.2, 0) is 6.54 Å². The largest absolute Gasteiger partial charge is 0.319 e. The van der Waals surface area contributed by atoms with Crippen molar-refractivity contribution in [1.29, 1.82) is 0 Å². The van der Waals surface area contributed by atoms with Crippen LogP contribution in [0.3, 0.4) is 0 Å². The van der Waals surface area contributed by atoms with Gasteiger partial charge in [-0.15, -0.1) is 0 Å². The van der Waals surface area contributed by atoms with Crippen LogP contribution < -0.4 is 0 Å². The van der Waals surface area contributed by atoms with Crippen LogP contribution in [0, 0.1) is 0 Å². The molecule has 4 aromatic rings. The molecule has 5 heteroatoms. The van der Waals surface area contributed by atoms with Gasteiger partial charge < -0.3 is 4.57 Å². The van der Waals surface area contributed by atoms with Gasteiger partial charge in [-0.1, -0.05) is 69.5 Å². The highest BCUT2D eigenvalue weighted by Crippen LogP contribution is 2.28. The molecule has 0 radical (unpaired) electrons. The van der Waals surface area contributed by atoms with E-state index in [1.165, 1.54) is 0 Å². The van der Waals surface area contributed by atoms with Crippen LogP contribution in [0.1, 0.15) is 5.56 Å². The maximum Gasteiger partial charge on any atom is 0.141 e. The maximum atomic E-state index is 6.18. The lowest BCUT2D eigenvalue weighted by atomic mass is 10.2. The van der Waals surface area contributed by atoms with Gasteiger partial charge in [-0.2, -0.15) is 0 Å². The minimum absolute atomic E-state index is 0.564. The van der Waals surface area contributed by atoms with Gasteiger partial charge in [0.1, 0.15) is 5.82 Å². The number of hydrogen-bond acceptors (Lipinski definition) is 1. The predicted octanol–water partition coefficient (Wildman–Crippen LogP) is 6.82. The molecule has 0 saturated carbocycles. The standard InChI is InChI=1S/C20H13BrCl2N2/c21-15-8-6-14(7-9-15)20-24-18-3-1-2-4-19(18)25(20)12-13-5-10-16(22)17(23)11-13/h1-11H,12H2. The summed E-state index contributed by atoms with van der Waals surface area (Å²) in [5.41, 5.74) is 4.21. The van der Waals surface area contributed by atoms with E-state index >= 15 is 0 Å². The molecule has 25 heavy (non-hydrogen) atoms. The third-order valence-electron chi connectivity index (χ3n) is 4.08. The molecule has 0 saturated heterocycles. The van der Waals surface area contributed by atoms with Gasteiger partial charge in [-0.3, -0.25) is 0 Å². The molecule has 0 spiro atoms. The summed E-state index contributed by atoms with van der Waals surface area (Å²) >= 11 is 15.7. The van der Waals surface area contributed by atoms with E-state index < -0.39 is 0 Å². The van der Waals surface area contributed by atoms with Crippen LogP contribution in [0.15, 0.2) is 71.2 Å². The highest BCUT2D eigenvalue weighted by Gasteiger charge is 2.13. The van der Waals surface area contributed by atoms with E-state index in [9.17, 15) is 0 Å². The van der Waals surface area contributed by atoms with E-state index in [0.29, 0.717) is 16.6 Å². The molecule has 1 aromatic heterocycles. The zero-order valence-electron chi connectivity index (χ0n) is 13.1. The number of halogens is 3. The molecule has 0 aliphatic rings. The molecule has 0 amide bonds. The zero-order chi connectivity index (χ0) is 17.4. The van der Waals surface area contributed by atoms with Crippen molar-refractivity contribution in [1.82, 2.24) is 9.55 Å². The average molecular weight is 432 g/mol. The van der Waals surface area contributed by atoms with E-state index in [-0.39, 0.29) is 0 Å². The fourth-order valence-electron chi connectivity index (χ4n) is 2.88. The first kappa shape index (κ1) is 16.6. The predicted molar refractivity (Wildman–Crippen MR) is 108 cm³/mol. The lowest BCUT2D eigenvalue weighted by molar-refractivity contribution is 0.834. The smallest absolute Gasteiger partial charge is 0.141 e. The molecule has 1 heterocycles. The van der Waals surface area contributed by atoms with Gasteiger partial charge in [0.25, 0.3) is 0 Å². The Bertz CT molecular complexity index is 1060. The fraction of sp³-hybridized carbons (Fsp3) is 0.0500. The molecule has 124 valence electrons. The van der Waals surface area contributed by atoms with E-state index in [1.807, 2.05) is 48.5 Å². The molecule has 0 aliphatic carbocycles. The molecule has 0 fully saturated rings. The van der Waals surface area contributed by atoms with Crippen molar-refractivity contribution in [2.24, 2.45) is 0 Å². The minimum Gasteiger partial charge on any atom is -0.319 e. The van der Waals surface area contributed by atoms with E-state index in [1.54, 1.807) is 0 Å². The Balaban J connectivity index is 1.87. The Morgan fingerprint density at radius 3 is 2.40 bits per heavy atom. The summed E-state index contributed by atoms with van der Waals surface area (Å²) in [7, 11) is 0. The van der Waals surface area contributed by atoms with Crippen molar-refractivity contribution in [2.75, 3.05) is 0 Å². The monoisotopic (exact) mass is 430 g/mol. The third kappa shape index (κ3) is 3.32. The topological polar surface area (TPSA) is 17.8 Å². The Morgan fingerprint density at radius 1 is 0.880 bits per heavy atom. The van der Waals surface area contributed by atoms with Gasteiger partial charge in [0.15, 0.2) is 0 Å². The van der Waals surface area contributed by atoms with E-state index in [0.717, 1.165) is 32.5 Å². The van der Waals surface area contributed by atoms with Gasteiger partial charge in [-0.05, 0) is 42.0 Å². The summed E-state index contributed by atoms with van der Waals surface area (Å²) < 4.78 is 3.25. The molecular formula is C20H13BrCl2N2. The minimum atomic E-state index is 0.564. The Labute approximate surface area is 164 Å². The average Bonchev–Trinajstić information content (AvgIpc) is 2.97. The van der Waals surface area contributed by atoms with Crippen molar-refractivity contribution in [3.05, 3.63) is 86.8 Å². The Morgan fingerprint density at radius 2 is 1.64 bits per heavy atom. The first-order chi connectivity index (χ1) is 12.1. The maximum absolute atomic E-state index is 6.18. The first-order valence-corrected chi connectivity index (χ1v) is 9.32. The molecule has 0 bridgehead atoms. The summed E-state index contributed by atoms with van der Waals surface area (Å²) in [5.74, 6) is 0.930. The van der Waals surface area contributed by atoms with Crippen molar-refractivity contribution in [3.8, 4) is 11.4 Å². The van der Waals surface area contributed by atoms with Crippen molar-refractivity contribution < 1.29 is 0 Å². The van der Waals surface area contributed by atoms with Gasteiger partial charge in [-0.25, -0.2) is 4.98 Å². The number of imidazole rings is 1. The lowest BCUT2D eigenvalue weighted by Crippen LogP contribution is -2.02. The first-order valence-electron chi connectivity index (χ1n) is 7.77. The molecule has 0 aliphatic heterocycles. The van der Waals surface area contributed by atoms with Crippen LogP contribution in [0.4, 0.5) is 0 Å². The van der Waals surface area contributed by atoms with E-state index in [4.69, 9.17) is 28.2 Å². The Kier molecular flexibility index (Phi) is 4.55. The van der Waals surface area contributed by atoms with Gasteiger partial charge in [0.2, 0.25) is 0 Å². The second-order valence-electron chi connectivity index (χ2n) is 5.77. The molecule has 0 N–H and O–H groups in total. The molecule has 2 nitrogen and oxygen atoms in total. The summed E-state index contributed by atoms with van der Waals surface area (Å²) in [6, 6.07) is 22.1. The normalized spacial score (nSPS) is 11.2. The van der Waals surface area contributed by atoms with Gasteiger partial charge in [0.05, 0.1) is 21.1 Å². The number of aromatic nitrogens is 2. The van der Waals surface area contributed by atoms with Crippen LogP contribution in [0.2, 0.25) is 10.0 Å². The van der Waals surface area contributed by atoms with Crippen molar-refractivity contribution in [2.45, 2.75) is 6.54 Å². The van der Waals surface area contributed by atoms with Gasteiger partial charge >= 0.3 is 0 Å². The van der Waals surface area contributed by atoms with Crippen LogP contribution in [0.25, 0.3) is 22.4 Å². The highest BCUT2D eigenvalue weighted by molar-refractivity contribution is 9.10. The quantitative estimate of drug-likeness (QED) is 0.348. The number of rotatable bonds is 3. The van der Waals surface area contributed by atoms with Crippen LogP contribution in [-0.4, -0.2) is 9.55 Å². The number of hydrogen-bond donors (Lipinski definition) is 0. The lowest BCUT2D eigenvalue weighted by Gasteiger charge is -2.10. The molecular weight excluding hydrogens is 419 g/mol. The number of para-hydroxylation sites is 2. The summed E-state index contributed by atoms with van der Waals surface area (Å²) in [4.78, 5) is 4.84. The molecule has 0 atom stereocenters. The summed E-state index contributed by atoms with van der Waals surface area (Å²) in [6.45, 7) is 0.669. The fourth-order valence-corrected chi connectivity index (χ4v) is 3.46. The SMILES string of the molecule is Clc1ccc(Cn2c(-c3ccc(Br)cc3)nc3ccccc32)cc1Cl. The number of benzene rings is 3. The second-order valence-corrected chi connectivity index (χ2v) is 7.50. The third-order valence-corrected chi connectivity index (χ3v) is 5.35. The zero-order valence-corrected chi connectivity index (χ0v) is 16.2. The van der Waals surface area contributed by atoms with Crippen molar-refractivity contribution in [3.63, 3.8) is 0 Å². The summed E-state index contributed by atoms with van der Waals surface area (Å²) in [5, 5.41) is 1.13. The molecule has 3 aromatic carbocycles.